The Bertz CT molecular complexity index is 862. The summed E-state index contributed by atoms with van der Waals surface area (Å²) in [5.74, 6) is -0.486. The number of rotatable bonds is 4. The van der Waals surface area contributed by atoms with Crippen molar-refractivity contribution in [1.29, 1.82) is 0 Å². The minimum Gasteiger partial charge on any atom is -0.406 e. The smallest absolute Gasteiger partial charge is 0.406 e. The first-order valence-corrected chi connectivity index (χ1v) is 7.04. The molecule has 0 aliphatic rings. The van der Waals surface area contributed by atoms with Gasteiger partial charge in [0, 0.05) is 24.2 Å². The van der Waals surface area contributed by atoms with Gasteiger partial charge in [0.05, 0.1) is 5.69 Å². The summed E-state index contributed by atoms with van der Waals surface area (Å²) < 4.78 is 41.7. The third kappa shape index (κ3) is 4.14. The molecule has 0 bridgehead atoms. The number of benzene rings is 1. The molecule has 0 saturated heterocycles. The number of halogens is 3. The molecule has 0 atom stereocenters. The van der Waals surface area contributed by atoms with Gasteiger partial charge in [-0.25, -0.2) is 9.67 Å². The summed E-state index contributed by atoms with van der Waals surface area (Å²) in [5, 5.41) is 6.71. The van der Waals surface area contributed by atoms with Crippen LogP contribution in [0.4, 0.5) is 18.9 Å². The molecule has 1 aromatic carbocycles. The van der Waals surface area contributed by atoms with E-state index in [1.54, 1.807) is 36.8 Å². The van der Waals surface area contributed by atoms with Crippen molar-refractivity contribution >= 4 is 11.6 Å². The van der Waals surface area contributed by atoms with Gasteiger partial charge in [-0.3, -0.25) is 4.79 Å². The second-order valence-corrected chi connectivity index (χ2v) is 4.85. The number of alkyl halides is 3. The van der Waals surface area contributed by atoms with Gasteiger partial charge in [0.15, 0.2) is 5.82 Å². The van der Waals surface area contributed by atoms with Crippen molar-refractivity contribution in [3.05, 3.63) is 66.6 Å². The van der Waals surface area contributed by atoms with Crippen LogP contribution in [0.15, 0.2) is 61.1 Å². The lowest BCUT2D eigenvalue weighted by Crippen LogP contribution is -2.17. The number of pyridine rings is 1. The van der Waals surface area contributed by atoms with Crippen LogP contribution in [-0.2, 0) is 0 Å². The number of anilines is 1. The highest BCUT2D eigenvalue weighted by molar-refractivity contribution is 6.05. The zero-order valence-electron chi connectivity index (χ0n) is 12.6. The molecule has 0 spiro atoms. The van der Waals surface area contributed by atoms with Gasteiger partial charge < -0.3 is 10.1 Å². The molecule has 1 amide bonds. The molecule has 1 N–H and O–H groups in total. The van der Waals surface area contributed by atoms with Crippen LogP contribution in [0.1, 0.15) is 10.4 Å². The van der Waals surface area contributed by atoms with E-state index in [4.69, 9.17) is 0 Å². The normalized spacial score (nSPS) is 11.2. The molecule has 0 aliphatic heterocycles. The fraction of sp³-hybridized carbons (Fsp3) is 0.0625. The Kier molecular flexibility index (Phi) is 4.38. The van der Waals surface area contributed by atoms with Crippen molar-refractivity contribution < 1.29 is 22.7 Å². The first kappa shape index (κ1) is 16.5. The molecule has 128 valence electrons. The van der Waals surface area contributed by atoms with Gasteiger partial charge in [-0.05, 0) is 42.5 Å². The molecule has 0 saturated carbocycles. The number of ether oxygens (including phenoxy) is 1. The van der Waals surface area contributed by atoms with Gasteiger partial charge in [-0.1, -0.05) is 0 Å². The van der Waals surface area contributed by atoms with Gasteiger partial charge in [-0.2, -0.15) is 5.10 Å². The summed E-state index contributed by atoms with van der Waals surface area (Å²) in [7, 11) is 0. The van der Waals surface area contributed by atoms with E-state index in [-0.39, 0.29) is 5.56 Å². The first-order valence-electron chi connectivity index (χ1n) is 7.04. The highest BCUT2D eigenvalue weighted by atomic mass is 19.4. The Morgan fingerprint density at radius 3 is 2.48 bits per heavy atom. The van der Waals surface area contributed by atoms with E-state index < -0.39 is 18.0 Å². The summed E-state index contributed by atoms with van der Waals surface area (Å²) >= 11 is 0. The van der Waals surface area contributed by atoms with Gasteiger partial charge >= 0.3 is 6.36 Å². The third-order valence-electron chi connectivity index (χ3n) is 3.11. The van der Waals surface area contributed by atoms with Gasteiger partial charge in [0.1, 0.15) is 5.75 Å². The van der Waals surface area contributed by atoms with Crippen LogP contribution < -0.4 is 10.1 Å². The number of nitrogens with one attached hydrogen (secondary N) is 1. The fourth-order valence-electron chi connectivity index (χ4n) is 2.07. The monoisotopic (exact) mass is 348 g/mol. The lowest BCUT2D eigenvalue weighted by atomic mass is 10.2. The molecule has 0 fully saturated rings. The molecule has 0 unspecified atom stereocenters. The minimum atomic E-state index is -4.78. The van der Waals surface area contributed by atoms with E-state index in [2.05, 4.69) is 20.1 Å². The van der Waals surface area contributed by atoms with E-state index in [0.717, 1.165) is 12.1 Å². The molecule has 2 aromatic heterocycles. The van der Waals surface area contributed by atoms with Crippen molar-refractivity contribution in [1.82, 2.24) is 14.8 Å². The lowest BCUT2D eigenvalue weighted by molar-refractivity contribution is -0.274. The van der Waals surface area contributed by atoms with Crippen molar-refractivity contribution in [3.63, 3.8) is 0 Å². The molecule has 3 aromatic rings. The van der Waals surface area contributed by atoms with Gasteiger partial charge in [0.2, 0.25) is 0 Å². The summed E-state index contributed by atoms with van der Waals surface area (Å²) in [4.78, 5) is 16.5. The Balaban J connectivity index is 1.77. The quantitative estimate of drug-likeness (QED) is 0.784. The Hall–Kier alpha value is -3.36. The molecule has 0 aliphatic carbocycles. The minimum absolute atomic E-state index is 0.171. The number of hydrogen-bond acceptors (Lipinski definition) is 4. The van der Waals surface area contributed by atoms with E-state index in [0.29, 0.717) is 11.5 Å². The molecule has 2 heterocycles. The number of nitrogens with zero attached hydrogens (tertiary/aromatic N) is 3. The predicted octanol–water partition coefficient (Wildman–Crippen LogP) is 3.42. The number of aromatic nitrogens is 3. The SMILES string of the molecule is O=C(Nc1cccnc1-n1cccn1)c1ccc(OC(F)(F)F)cc1. The Labute approximate surface area is 139 Å². The number of hydrogen-bond donors (Lipinski definition) is 1. The van der Waals surface area contributed by atoms with Crippen molar-refractivity contribution in [2.75, 3.05) is 5.32 Å². The van der Waals surface area contributed by atoms with E-state index >= 15 is 0 Å². The summed E-state index contributed by atoms with van der Waals surface area (Å²) in [6.07, 6.45) is 0.00893. The average Bonchev–Trinajstić information content (AvgIpc) is 3.09. The van der Waals surface area contributed by atoms with Crippen LogP contribution in [0.5, 0.6) is 5.75 Å². The van der Waals surface area contributed by atoms with Crippen LogP contribution in [0.3, 0.4) is 0 Å². The molecule has 6 nitrogen and oxygen atoms in total. The second kappa shape index (κ2) is 6.63. The number of carbonyl (C=O) groups excluding carboxylic acids is 1. The molecular formula is C16H11F3N4O2. The molecule has 25 heavy (non-hydrogen) atoms. The maximum Gasteiger partial charge on any atom is 0.573 e. The molecule has 0 radical (unpaired) electrons. The standard InChI is InChI=1S/C16H11F3N4O2/c17-16(18,19)25-12-6-4-11(5-7-12)15(24)22-13-3-1-8-20-14(13)23-10-2-9-21-23/h1-10H,(H,22,24). The van der Waals surface area contributed by atoms with E-state index in [1.807, 2.05) is 0 Å². The highest BCUT2D eigenvalue weighted by Gasteiger charge is 2.31. The Morgan fingerprint density at radius 2 is 1.84 bits per heavy atom. The van der Waals surface area contributed by atoms with Crippen molar-refractivity contribution in [2.24, 2.45) is 0 Å². The van der Waals surface area contributed by atoms with Crippen LogP contribution in [0.25, 0.3) is 5.82 Å². The maximum atomic E-state index is 12.3. The largest absolute Gasteiger partial charge is 0.573 e. The van der Waals surface area contributed by atoms with Crippen LogP contribution >= 0.6 is 0 Å². The molecular weight excluding hydrogens is 337 g/mol. The van der Waals surface area contributed by atoms with Gasteiger partial charge in [0.25, 0.3) is 5.91 Å². The average molecular weight is 348 g/mol. The van der Waals surface area contributed by atoms with Crippen molar-refractivity contribution in [2.45, 2.75) is 6.36 Å². The third-order valence-corrected chi connectivity index (χ3v) is 3.11. The fourth-order valence-corrected chi connectivity index (χ4v) is 2.07. The van der Waals surface area contributed by atoms with Crippen LogP contribution in [-0.4, -0.2) is 27.0 Å². The lowest BCUT2D eigenvalue weighted by Gasteiger charge is -2.11. The molecule has 3 rings (SSSR count). The van der Waals surface area contributed by atoms with Crippen molar-refractivity contribution in [3.8, 4) is 11.6 Å². The van der Waals surface area contributed by atoms with Crippen LogP contribution in [0, 0.1) is 0 Å². The predicted molar refractivity (Wildman–Crippen MR) is 82.4 cm³/mol. The summed E-state index contributed by atoms with van der Waals surface area (Å²) in [6, 6.07) is 9.60. The van der Waals surface area contributed by atoms with Crippen LogP contribution in [0.2, 0.25) is 0 Å². The zero-order valence-corrected chi connectivity index (χ0v) is 12.6. The molecule has 9 heteroatoms. The second-order valence-electron chi connectivity index (χ2n) is 4.85. The van der Waals surface area contributed by atoms with E-state index in [9.17, 15) is 18.0 Å². The maximum absolute atomic E-state index is 12.3. The number of carbonyl (C=O) groups is 1. The summed E-state index contributed by atoms with van der Waals surface area (Å²) in [6.45, 7) is 0. The topological polar surface area (TPSA) is 69.0 Å². The highest BCUT2D eigenvalue weighted by Crippen LogP contribution is 2.23. The van der Waals surface area contributed by atoms with Gasteiger partial charge in [-0.15, -0.1) is 13.2 Å². The zero-order chi connectivity index (χ0) is 17.9. The number of amides is 1. The first-order chi connectivity index (χ1) is 11.9. The Morgan fingerprint density at radius 1 is 1.08 bits per heavy atom. The van der Waals surface area contributed by atoms with E-state index in [1.165, 1.54) is 16.8 Å². The summed E-state index contributed by atoms with van der Waals surface area (Å²) in [5.41, 5.74) is 0.580.